The Hall–Kier alpha value is -3.51. The van der Waals surface area contributed by atoms with Crippen LogP contribution in [-0.2, 0) is 16.0 Å². The van der Waals surface area contributed by atoms with Gasteiger partial charge in [-0.15, -0.1) is 0 Å². The number of hydrogen-bond donors (Lipinski definition) is 0. The summed E-state index contributed by atoms with van der Waals surface area (Å²) in [6.45, 7) is 0. The summed E-state index contributed by atoms with van der Waals surface area (Å²) in [5.41, 5.74) is 2.73. The van der Waals surface area contributed by atoms with E-state index < -0.39 is 0 Å². The van der Waals surface area contributed by atoms with Gasteiger partial charge in [0.15, 0.2) is 0 Å². The number of cyclic esters (lactones) is 1. The SMILES string of the molecule is O=C1OC=C(C#Cc2ccccc2)[C@@H](c2ccco2)[C@@H]1Cc1ccccc1. The van der Waals surface area contributed by atoms with Gasteiger partial charge in [0.1, 0.15) is 12.0 Å². The Kier molecular flexibility index (Phi) is 4.89. The molecule has 3 nitrogen and oxygen atoms in total. The molecule has 3 heteroatoms. The van der Waals surface area contributed by atoms with E-state index in [1.54, 1.807) is 6.26 Å². The lowest BCUT2D eigenvalue weighted by Gasteiger charge is -2.27. The highest BCUT2D eigenvalue weighted by atomic mass is 16.5. The lowest BCUT2D eigenvalue weighted by atomic mass is 9.79. The lowest BCUT2D eigenvalue weighted by molar-refractivity contribution is -0.144. The number of allylic oxidation sites excluding steroid dienone is 1. The Bertz CT molecular complexity index is 990. The van der Waals surface area contributed by atoms with Crippen molar-refractivity contribution in [1.82, 2.24) is 0 Å². The fourth-order valence-electron chi connectivity index (χ4n) is 3.30. The third kappa shape index (κ3) is 3.86. The molecule has 27 heavy (non-hydrogen) atoms. The van der Waals surface area contributed by atoms with Crippen molar-refractivity contribution in [2.45, 2.75) is 12.3 Å². The van der Waals surface area contributed by atoms with Gasteiger partial charge in [0.25, 0.3) is 0 Å². The molecule has 0 fully saturated rings. The molecule has 0 amide bonds. The second-order valence-corrected chi connectivity index (χ2v) is 6.42. The maximum Gasteiger partial charge on any atom is 0.315 e. The van der Waals surface area contributed by atoms with E-state index in [-0.39, 0.29) is 17.8 Å². The Morgan fingerprint density at radius 1 is 0.852 bits per heavy atom. The zero-order valence-corrected chi connectivity index (χ0v) is 14.7. The van der Waals surface area contributed by atoms with Gasteiger partial charge in [0.2, 0.25) is 0 Å². The number of carbonyl (C=O) groups excluding carboxylic acids is 1. The molecule has 0 radical (unpaired) electrons. The molecular weight excluding hydrogens is 336 g/mol. The quantitative estimate of drug-likeness (QED) is 0.505. The summed E-state index contributed by atoms with van der Waals surface area (Å²) in [5, 5.41) is 0. The van der Waals surface area contributed by atoms with Crippen molar-refractivity contribution in [2.24, 2.45) is 5.92 Å². The van der Waals surface area contributed by atoms with Crippen molar-refractivity contribution in [1.29, 1.82) is 0 Å². The van der Waals surface area contributed by atoms with E-state index in [1.807, 2.05) is 72.8 Å². The predicted octanol–water partition coefficient (Wildman–Crippen LogP) is 4.71. The molecular formula is C24H18O3. The van der Waals surface area contributed by atoms with Crippen LogP contribution in [0.5, 0.6) is 0 Å². The topological polar surface area (TPSA) is 39.4 Å². The van der Waals surface area contributed by atoms with Crippen LogP contribution in [-0.4, -0.2) is 5.97 Å². The third-order valence-corrected chi connectivity index (χ3v) is 4.62. The molecule has 0 saturated carbocycles. The fourth-order valence-corrected chi connectivity index (χ4v) is 3.30. The van der Waals surface area contributed by atoms with E-state index in [9.17, 15) is 4.79 Å². The van der Waals surface area contributed by atoms with Crippen molar-refractivity contribution in [3.63, 3.8) is 0 Å². The second-order valence-electron chi connectivity index (χ2n) is 6.42. The highest BCUT2D eigenvalue weighted by Gasteiger charge is 2.38. The summed E-state index contributed by atoms with van der Waals surface area (Å²) in [7, 11) is 0. The van der Waals surface area contributed by atoms with E-state index >= 15 is 0 Å². The molecule has 0 spiro atoms. The molecule has 0 bridgehead atoms. The van der Waals surface area contributed by atoms with Gasteiger partial charge in [-0.1, -0.05) is 60.4 Å². The van der Waals surface area contributed by atoms with Crippen LogP contribution in [0.2, 0.25) is 0 Å². The van der Waals surface area contributed by atoms with Crippen LogP contribution in [0.3, 0.4) is 0 Å². The number of benzene rings is 2. The highest BCUT2D eigenvalue weighted by Crippen LogP contribution is 2.38. The summed E-state index contributed by atoms with van der Waals surface area (Å²) in [5.74, 6) is 6.15. The minimum absolute atomic E-state index is 0.259. The molecule has 132 valence electrons. The first-order valence-electron chi connectivity index (χ1n) is 8.86. The maximum atomic E-state index is 12.6. The average molecular weight is 354 g/mol. The largest absolute Gasteiger partial charge is 0.469 e. The van der Waals surface area contributed by atoms with Crippen LogP contribution in [0.4, 0.5) is 0 Å². The molecule has 0 saturated heterocycles. The Morgan fingerprint density at radius 2 is 1.59 bits per heavy atom. The van der Waals surface area contributed by atoms with E-state index in [1.165, 1.54) is 6.26 Å². The molecule has 0 N–H and O–H groups in total. The Morgan fingerprint density at radius 3 is 2.30 bits per heavy atom. The monoisotopic (exact) mass is 354 g/mol. The summed E-state index contributed by atoms with van der Waals surface area (Å²) in [4.78, 5) is 12.6. The summed E-state index contributed by atoms with van der Waals surface area (Å²) in [6.07, 6.45) is 3.65. The average Bonchev–Trinajstić information content (AvgIpc) is 3.24. The first kappa shape index (κ1) is 16.9. The Balaban J connectivity index is 1.70. The lowest BCUT2D eigenvalue weighted by Crippen LogP contribution is -2.30. The molecule has 0 aliphatic carbocycles. The number of ether oxygens (including phenoxy) is 1. The molecule has 2 heterocycles. The zero-order chi connectivity index (χ0) is 18.5. The van der Waals surface area contributed by atoms with Crippen molar-refractivity contribution in [3.05, 3.63) is 108 Å². The first-order chi connectivity index (χ1) is 13.3. The number of carbonyl (C=O) groups is 1. The maximum absolute atomic E-state index is 12.6. The summed E-state index contributed by atoms with van der Waals surface area (Å²) in [6, 6.07) is 23.4. The zero-order valence-electron chi connectivity index (χ0n) is 14.7. The number of furan rings is 1. The standard InChI is InChI=1S/C24H18O3/c25-24-21(16-19-10-5-2-6-11-19)23(22-12-7-15-26-22)20(17-27-24)14-13-18-8-3-1-4-9-18/h1-12,15,17,21,23H,16H2/t21-,23+/m0/s1. The molecule has 3 aromatic rings. The van der Waals surface area contributed by atoms with Crippen molar-refractivity contribution in [3.8, 4) is 11.8 Å². The molecule has 4 rings (SSSR count). The van der Waals surface area contributed by atoms with Gasteiger partial charge in [0.05, 0.1) is 18.1 Å². The highest BCUT2D eigenvalue weighted by molar-refractivity contribution is 5.77. The third-order valence-electron chi connectivity index (χ3n) is 4.62. The van der Waals surface area contributed by atoms with Gasteiger partial charge in [-0.3, -0.25) is 4.79 Å². The summed E-state index contributed by atoms with van der Waals surface area (Å²) < 4.78 is 11.0. The van der Waals surface area contributed by atoms with E-state index in [0.717, 1.165) is 22.5 Å². The van der Waals surface area contributed by atoms with Crippen LogP contribution in [0.1, 0.15) is 22.8 Å². The molecule has 2 aromatic carbocycles. The van der Waals surface area contributed by atoms with Gasteiger partial charge >= 0.3 is 5.97 Å². The summed E-state index contributed by atoms with van der Waals surface area (Å²) >= 11 is 0. The van der Waals surface area contributed by atoms with Gasteiger partial charge in [-0.2, -0.15) is 0 Å². The normalized spacial score (nSPS) is 18.8. The number of rotatable bonds is 3. The van der Waals surface area contributed by atoms with Gasteiger partial charge in [0, 0.05) is 11.1 Å². The second kappa shape index (κ2) is 7.80. The minimum Gasteiger partial charge on any atom is -0.469 e. The van der Waals surface area contributed by atoms with Gasteiger partial charge in [-0.25, -0.2) is 0 Å². The fraction of sp³-hybridized carbons (Fsp3) is 0.125. The molecule has 1 aliphatic rings. The van der Waals surface area contributed by atoms with Crippen molar-refractivity contribution in [2.75, 3.05) is 0 Å². The van der Waals surface area contributed by atoms with Crippen LogP contribution in [0, 0.1) is 17.8 Å². The minimum atomic E-state index is -0.386. The van der Waals surface area contributed by atoms with Crippen LogP contribution in [0.25, 0.3) is 0 Å². The smallest absolute Gasteiger partial charge is 0.315 e. The van der Waals surface area contributed by atoms with Crippen molar-refractivity contribution >= 4 is 5.97 Å². The molecule has 2 atom stereocenters. The molecule has 1 aliphatic heterocycles. The van der Waals surface area contributed by atoms with E-state index in [0.29, 0.717) is 6.42 Å². The van der Waals surface area contributed by atoms with E-state index in [2.05, 4.69) is 11.8 Å². The van der Waals surface area contributed by atoms with Crippen LogP contribution < -0.4 is 0 Å². The van der Waals surface area contributed by atoms with Crippen LogP contribution in [0.15, 0.2) is 95.3 Å². The first-order valence-corrected chi connectivity index (χ1v) is 8.86. The number of esters is 1. The number of hydrogen-bond acceptors (Lipinski definition) is 3. The van der Waals surface area contributed by atoms with Crippen LogP contribution >= 0.6 is 0 Å². The molecule has 0 unspecified atom stereocenters. The van der Waals surface area contributed by atoms with E-state index in [4.69, 9.17) is 9.15 Å². The van der Waals surface area contributed by atoms with Gasteiger partial charge in [-0.05, 0) is 36.2 Å². The molecule has 1 aromatic heterocycles. The van der Waals surface area contributed by atoms with Gasteiger partial charge < -0.3 is 9.15 Å². The van der Waals surface area contributed by atoms with Crippen molar-refractivity contribution < 1.29 is 13.9 Å². The predicted molar refractivity (Wildman–Crippen MR) is 103 cm³/mol. The Labute approximate surface area is 158 Å².